The number of hydrogen-bond donors (Lipinski definition) is 6. The Morgan fingerprint density at radius 2 is 1.82 bits per heavy atom. The Bertz CT molecular complexity index is 1350. The van der Waals surface area contributed by atoms with Gasteiger partial charge in [0.05, 0.1) is 23.9 Å². The van der Waals surface area contributed by atoms with Crippen molar-refractivity contribution in [1.29, 1.82) is 0 Å². The third-order valence-corrected chi connectivity index (χ3v) is 7.47. The number of primary amides is 1. The van der Waals surface area contributed by atoms with Gasteiger partial charge in [-0.15, -0.1) is 0 Å². The van der Waals surface area contributed by atoms with Gasteiger partial charge in [-0.1, -0.05) is 26.8 Å². The molecule has 0 saturated heterocycles. The number of aliphatic hydroxyl groups excluding tert-OH is 2. The first kappa shape index (κ1) is 28.1. The highest BCUT2D eigenvalue weighted by Crippen LogP contribution is 2.53. The Morgan fingerprint density at radius 3 is 2.38 bits per heavy atom. The second-order valence-corrected chi connectivity index (χ2v) is 11.7. The molecule has 4 atom stereocenters. The van der Waals surface area contributed by atoms with Gasteiger partial charge < -0.3 is 30.9 Å². The lowest BCUT2D eigenvalue weighted by atomic mass is 9.57. The standard InChI is InChI=1S/C27H33N3O9/c1-26(2,3)10-39-25(37)29-14-7-6-11-8-12-9-13-18(30(4)5)21(33)17(24(28)36)23(35)27(13,38)22(34)16(12)20(32)15(11)19(14)31/h6-7,12-13,18,31-32,35,38H,8-10H2,1-5H3,(H2,28,36)(H,29,37)/t12-,13-,18-,27-/m1/s1. The molecule has 0 aliphatic heterocycles. The van der Waals surface area contributed by atoms with Crippen molar-refractivity contribution in [3.63, 3.8) is 0 Å². The summed E-state index contributed by atoms with van der Waals surface area (Å²) >= 11 is 0. The molecular weight excluding hydrogens is 510 g/mol. The Morgan fingerprint density at radius 1 is 1.18 bits per heavy atom. The van der Waals surface area contributed by atoms with Gasteiger partial charge >= 0.3 is 6.09 Å². The number of ether oxygens (including phenoxy) is 1. The zero-order valence-corrected chi connectivity index (χ0v) is 22.4. The number of hydrogen-bond acceptors (Lipinski definition) is 10. The molecule has 210 valence electrons. The first-order chi connectivity index (χ1) is 18.0. The van der Waals surface area contributed by atoms with E-state index < -0.39 is 69.9 Å². The molecule has 12 nitrogen and oxygen atoms in total. The van der Waals surface area contributed by atoms with Crippen molar-refractivity contribution in [3.05, 3.63) is 40.2 Å². The van der Waals surface area contributed by atoms with Crippen molar-refractivity contribution in [1.82, 2.24) is 4.90 Å². The van der Waals surface area contributed by atoms with Gasteiger partial charge in [0.2, 0.25) is 5.78 Å². The number of nitrogens with zero attached hydrogens (tertiary/aromatic N) is 1. The van der Waals surface area contributed by atoms with E-state index in [9.17, 15) is 39.6 Å². The van der Waals surface area contributed by atoms with Crippen molar-refractivity contribution >= 4 is 35.0 Å². The molecule has 39 heavy (non-hydrogen) atoms. The van der Waals surface area contributed by atoms with Gasteiger partial charge in [0, 0.05) is 11.5 Å². The average Bonchev–Trinajstić information content (AvgIpc) is 2.81. The molecule has 1 aromatic carbocycles. The monoisotopic (exact) mass is 543 g/mol. The maximum Gasteiger partial charge on any atom is 0.411 e. The normalized spacial score (nSPS) is 26.7. The number of likely N-dealkylation sites (N-methyl/N-ethyl adjacent to an activating group) is 1. The van der Waals surface area contributed by atoms with Gasteiger partial charge in [-0.25, -0.2) is 4.79 Å². The third-order valence-electron chi connectivity index (χ3n) is 7.47. The van der Waals surface area contributed by atoms with Crippen LogP contribution in [0.4, 0.5) is 10.5 Å². The number of phenolic OH excluding ortho intramolecular Hbond substituents is 1. The molecule has 0 aromatic heterocycles. The van der Waals surface area contributed by atoms with E-state index in [0.29, 0.717) is 5.56 Å². The number of fused-ring (bicyclic) bond motifs is 3. The number of aliphatic hydroxyl groups is 3. The fourth-order valence-electron chi connectivity index (χ4n) is 5.75. The van der Waals surface area contributed by atoms with Crippen molar-refractivity contribution in [2.24, 2.45) is 23.0 Å². The summed E-state index contributed by atoms with van der Waals surface area (Å²) in [6.45, 7) is 5.73. The Hall–Kier alpha value is -3.90. The van der Waals surface area contributed by atoms with Crippen LogP contribution in [0.2, 0.25) is 0 Å². The van der Waals surface area contributed by atoms with Crippen LogP contribution < -0.4 is 11.1 Å². The number of nitrogens with two attached hydrogens (primary N) is 1. The van der Waals surface area contributed by atoms with Crippen LogP contribution in [0.3, 0.4) is 0 Å². The summed E-state index contributed by atoms with van der Waals surface area (Å²) in [5, 5.41) is 47.1. The first-order valence-electron chi connectivity index (χ1n) is 12.4. The van der Waals surface area contributed by atoms with Crippen LogP contribution in [0.5, 0.6) is 5.75 Å². The topological polar surface area (TPSA) is 200 Å². The van der Waals surface area contributed by atoms with Crippen LogP contribution in [0.25, 0.3) is 5.76 Å². The summed E-state index contributed by atoms with van der Waals surface area (Å²) in [4.78, 5) is 52.7. The van der Waals surface area contributed by atoms with Gasteiger partial charge in [-0.3, -0.25) is 24.6 Å². The predicted molar refractivity (Wildman–Crippen MR) is 139 cm³/mol. The summed E-state index contributed by atoms with van der Waals surface area (Å²) in [5.74, 6) is -7.36. The second-order valence-electron chi connectivity index (χ2n) is 11.7. The van der Waals surface area contributed by atoms with E-state index in [0.717, 1.165) is 0 Å². The highest BCUT2D eigenvalue weighted by Gasteiger charge is 2.64. The van der Waals surface area contributed by atoms with Crippen molar-refractivity contribution in [3.8, 4) is 5.75 Å². The average molecular weight is 544 g/mol. The zero-order chi connectivity index (χ0) is 29.2. The molecule has 0 spiro atoms. The number of aromatic hydroxyl groups is 1. The molecule has 1 fully saturated rings. The maximum absolute atomic E-state index is 13.8. The van der Waals surface area contributed by atoms with Crippen molar-refractivity contribution < 1.29 is 44.3 Å². The van der Waals surface area contributed by atoms with Crippen LogP contribution in [-0.4, -0.2) is 81.2 Å². The van der Waals surface area contributed by atoms with Crippen LogP contribution in [0.1, 0.15) is 38.3 Å². The van der Waals surface area contributed by atoms with Gasteiger partial charge in [-0.2, -0.15) is 0 Å². The molecule has 1 saturated carbocycles. The number of rotatable bonds is 4. The highest BCUT2D eigenvalue weighted by atomic mass is 16.5. The highest BCUT2D eigenvalue weighted by molar-refractivity contribution is 6.24. The molecule has 0 bridgehead atoms. The largest absolute Gasteiger partial charge is 0.508 e. The minimum atomic E-state index is -2.72. The molecule has 0 radical (unpaired) electrons. The van der Waals surface area contributed by atoms with Crippen LogP contribution in [-0.2, 0) is 25.5 Å². The number of anilines is 1. The van der Waals surface area contributed by atoms with Gasteiger partial charge in [0.1, 0.15) is 22.8 Å². The molecular formula is C27H33N3O9. The molecule has 7 N–H and O–H groups in total. The lowest BCUT2D eigenvalue weighted by Gasteiger charge is -2.50. The molecule has 12 heteroatoms. The summed E-state index contributed by atoms with van der Waals surface area (Å²) in [5.41, 5.74) is 1.43. The van der Waals surface area contributed by atoms with E-state index in [4.69, 9.17) is 10.5 Å². The third kappa shape index (κ3) is 4.43. The Kier molecular flexibility index (Phi) is 6.76. The number of amides is 2. The molecule has 3 aliphatic carbocycles. The van der Waals surface area contributed by atoms with Crippen LogP contribution >= 0.6 is 0 Å². The van der Waals surface area contributed by atoms with E-state index >= 15 is 0 Å². The van der Waals surface area contributed by atoms with Crippen molar-refractivity contribution in [2.45, 2.75) is 45.3 Å². The summed E-state index contributed by atoms with van der Waals surface area (Å²) < 4.78 is 5.17. The van der Waals surface area contributed by atoms with Gasteiger partial charge in [0.25, 0.3) is 5.91 Å². The van der Waals surface area contributed by atoms with E-state index in [2.05, 4.69) is 5.32 Å². The van der Waals surface area contributed by atoms with Gasteiger partial charge in [-0.05, 0) is 49.9 Å². The molecule has 0 unspecified atom stereocenters. The first-order valence-corrected chi connectivity index (χ1v) is 12.4. The Labute approximate surface area is 224 Å². The lowest BCUT2D eigenvalue weighted by Crippen LogP contribution is -2.65. The minimum absolute atomic E-state index is 0.00828. The van der Waals surface area contributed by atoms with E-state index in [1.54, 1.807) is 6.07 Å². The number of benzene rings is 1. The number of nitrogens with one attached hydrogen (secondary N) is 1. The fourth-order valence-corrected chi connectivity index (χ4v) is 5.75. The van der Waals surface area contributed by atoms with E-state index in [1.165, 1.54) is 25.1 Å². The van der Waals surface area contributed by atoms with Crippen LogP contribution in [0, 0.1) is 17.3 Å². The van der Waals surface area contributed by atoms with E-state index in [1.807, 2.05) is 20.8 Å². The lowest BCUT2D eigenvalue weighted by molar-refractivity contribution is -0.153. The number of carbonyl (C=O) groups excluding carboxylic acids is 4. The Balaban J connectivity index is 1.79. The fraction of sp³-hybridized carbons (Fsp3) is 0.481. The molecule has 2 amide bonds. The molecule has 0 heterocycles. The number of phenols is 1. The van der Waals surface area contributed by atoms with Crippen molar-refractivity contribution in [2.75, 3.05) is 26.0 Å². The molecule has 4 rings (SSSR count). The molecule has 1 aromatic rings. The summed E-state index contributed by atoms with van der Waals surface area (Å²) in [6, 6.07) is 1.86. The zero-order valence-electron chi connectivity index (χ0n) is 22.4. The second kappa shape index (κ2) is 9.38. The number of ketones is 2. The van der Waals surface area contributed by atoms with Crippen LogP contribution in [0.15, 0.2) is 29.0 Å². The smallest absolute Gasteiger partial charge is 0.411 e. The number of Topliss-reactive ketones (excluding diaryl/α,β-unsaturated/α-hetero) is 2. The SMILES string of the molecule is CN(C)[C@H]1C(=O)C(C(N)=O)=C(O)[C@]2(O)C(=O)C3=C(O)c4c(ccc(NC(=O)OCC(C)(C)C)c4O)C[C@@H]3C[C@H]12. The molecule has 3 aliphatic rings. The van der Waals surface area contributed by atoms with E-state index in [-0.39, 0.29) is 41.7 Å². The maximum atomic E-state index is 13.8. The summed E-state index contributed by atoms with van der Waals surface area (Å²) in [6.07, 6.45) is -0.690. The minimum Gasteiger partial charge on any atom is -0.508 e. The number of carbonyl (C=O) groups is 4. The quantitative estimate of drug-likeness (QED) is 0.239. The summed E-state index contributed by atoms with van der Waals surface area (Å²) in [7, 11) is 3.07. The van der Waals surface area contributed by atoms with Gasteiger partial charge in [0.15, 0.2) is 11.4 Å². The predicted octanol–water partition coefficient (Wildman–Crippen LogP) is 1.56.